The van der Waals surface area contributed by atoms with E-state index in [2.05, 4.69) is 38.0 Å². The van der Waals surface area contributed by atoms with Gasteiger partial charge in [-0.3, -0.25) is 0 Å². The molecule has 1 aliphatic rings. The fourth-order valence-corrected chi connectivity index (χ4v) is 2.49. The molecule has 1 aromatic heterocycles. The van der Waals surface area contributed by atoms with Gasteiger partial charge in [-0.25, -0.2) is 4.98 Å². The second-order valence-electron chi connectivity index (χ2n) is 4.63. The van der Waals surface area contributed by atoms with Crippen LogP contribution in [0.1, 0.15) is 5.82 Å². The van der Waals surface area contributed by atoms with E-state index < -0.39 is 0 Å². The third-order valence-corrected chi connectivity index (χ3v) is 3.85. The lowest BCUT2D eigenvalue weighted by molar-refractivity contribution is -0.0589. The number of imidazole rings is 1. The first-order valence-corrected chi connectivity index (χ1v) is 6.62. The summed E-state index contributed by atoms with van der Waals surface area (Å²) in [4.78, 5) is 7.81. The van der Waals surface area contributed by atoms with E-state index in [1.54, 1.807) is 0 Å². The van der Waals surface area contributed by atoms with Crippen LogP contribution in [0.3, 0.4) is 0 Å². The van der Waals surface area contributed by atoms with Crippen LogP contribution in [0.5, 0.6) is 0 Å². The van der Waals surface area contributed by atoms with Crippen molar-refractivity contribution in [2.45, 2.75) is 5.41 Å². The van der Waals surface area contributed by atoms with Crippen LogP contribution in [-0.2, 0) is 10.2 Å². The van der Waals surface area contributed by atoms with E-state index in [4.69, 9.17) is 10.5 Å². The maximum Gasteiger partial charge on any atom is 0.118 e. The van der Waals surface area contributed by atoms with E-state index in [1.807, 2.05) is 18.3 Å². The predicted octanol–water partition coefficient (Wildman–Crippen LogP) is 2.07. The molecule has 0 atom stereocenters. The van der Waals surface area contributed by atoms with Gasteiger partial charge in [0.25, 0.3) is 0 Å². The van der Waals surface area contributed by atoms with E-state index in [-0.39, 0.29) is 5.41 Å². The number of halogens is 1. The average molecular weight is 308 g/mol. The van der Waals surface area contributed by atoms with Crippen molar-refractivity contribution in [3.05, 3.63) is 40.8 Å². The molecule has 1 aromatic carbocycles. The van der Waals surface area contributed by atoms with E-state index in [1.165, 1.54) is 0 Å². The fourth-order valence-electron chi connectivity index (χ4n) is 2.09. The Labute approximate surface area is 114 Å². The highest BCUT2D eigenvalue weighted by Gasteiger charge is 2.41. The molecule has 2 aromatic rings. The van der Waals surface area contributed by atoms with Crippen LogP contribution < -0.4 is 5.73 Å². The highest BCUT2D eigenvalue weighted by atomic mass is 79.9. The predicted molar refractivity (Wildman–Crippen MR) is 73.3 cm³/mol. The van der Waals surface area contributed by atoms with Gasteiger partial charge in [0.15, 0.2) is 0 Å². The van der Waals surface area contributed by atoms with Crippen LogP contribution in [0.15, 0.2) is 34.9 Å². The summed E-state index contributed by atoms with van der Waals surface area (Å²) < 4.78 is 6.32. The van der Waals surface area contributed by atoms with Gasteiger partial charge in [0, 0.05) is 16.6 Å². The molecule has 1 aliphatic heterocycles. The number of hydrogen-bond acceptors (Lipinski definition) is 3. The molecule has 0 saturated carbocycles. The van der Waals surface area contributed by atoms with E-state index in [9.17, 15) is 0 Å². The largest absolute Gasteiger partial charge is 0.379 e. The number of rotatable bonds is 3. The molecule has 94 valence electrons. The Morgan fingerprint density at radius 1 is 1.44 bits per heavy atom. The Balaban J connectivity index is 1.94. The minimum atomic E-state index is -0.121. The summed E-state index contributed by atoms with van der Waals surface area (Å²) >= 11 is 3.47. The van der Waals surface area contributed by atoms with Crippen molar-refractivity contribution in [3.63, 3.8) is 0 Å². The third-order valence-electron chi connectivity index (χ3n) is 3.36. The molecule has 4 nitrogen and oxygen atoms in total. The molecule has 0 bridgehead atoms. The summed E-state index contributed by atoms with van der Waals surface area (Å²) in [6.45, 7) is 1.85. The van der Waals surface area contributed by atoms with Crippen LogP contribution >= 0.6 is 15.9 Å². The molecule has 3 rings (SSSR count). The van der Waals surface area contributed by atoms with Crippen LogP contribution in [0.25, 0.3) is 11.3 Å². The van der Waals surface area contributed by atoms with E-state index in [0.717, 1.165) is 21.6 Å². The van der Waals surface area contributed by atoms with Gasteiger partial charge in [-0.15, -0.1) is 0 Å². The Morgan fingerprint density at radius 3 is 2.89 bits per heavy atom. The summed E-state index contributed by atoms with van der Waals surface area (Å²) in [5, 5.41) is 0. The molecule has 5 heteroatoms. The van der Waals surface area contributed by atoms with Crippen LogP contribution in [0.2, 0.25) is 0 Å². The zero-order valence-electron chi connectivity index (χ0n) is 9.82. The molecule has 2 heterocycles. The van der Waals surface area contributed by atoms with Crippen LogP contribution in [0.4, 0.5) is 0 Å². The molecule has 1 saturated heterocycles. The highest BCUT2D eigenvalue weighted by molar-refractivity contribution is 9.10. The van der Waals surface area contributed by atoms with Crippen molar-refractivity contribution in [1.82, 2.24) is 9.97 Å². The molecule has 3 N–H and O–H groups in total. The second-order valence-corrected chi connectivity index (χ2v) is 5.55. The van der Waals surface area contributed by atoms with Gasteiger partial charge in [0.05, 0.1) is 30.5 Å². The molecule has 0 amide bonds. The lowest BCUT2D eigenvalue weighted by atomic mass is 9.85. The van der Waals surface area contributed by atoms with Gasteiger partial charge in [0.1, 0.15) is 5.82 Å². The van der Waals surface area contributed by atoms with Gasteiger partial charge >= 0.3 is 0 Å². The van der Waals surface area contributed by atoms with Crippen molar-refractivity contribution in [3.8, 4) is 11.3 Å². The minimum Gasteiger partial charge on any atom is -0.379 e. The van der Waals surface area contributed by atoms with Crippen molar-refractivity contribution < 1.29 is 4.74 Å². The summed E-state index contributed by atoms with van der Waals surface area (Å²) in [5.41, 5.74) is 7.82. The molecule has 1 fully saturated rings. The highest BCUT2D eigenvalue weighted by Crippen LogP contribution is 2.31. The second kappa shape index (κ2) is 4.50. The maximum absolute atomic E-state index is 5.83. The molecule has 18 heavy (non-hydrogen) atoms. The minimum absolute atomic E-state index is 0.121. The summed E-state index contributed by atoms with van der Waals surface area (Å²) in [6.07, 6.45) is 1.85. The monoisotopic (exact) mass is 307 g/mol. The Morgan fingerprint density at radius 2 is 2.28 bits per heavy atom. The average Bonchev–Trinajstić information content (AvgIpc) is 2.78. The van der Waals surface area contributed by atoms with Crippen molar-refractivity contribution in [2.24, 2.45) is 5.73 Å². The number of nitrogens with two attached hydrogens (primary N) is 1. The number of nitrogens with one attached hydrogen (secondary N) is 1. The number of aromatic nitrogens is 2. The number of benzene rings is 1. The van der Waals surface area contributed by atoms with Crippen molar-refractivity contribution in [2.75, 3.05) is 19.8 Å². The number of hydrogen-bond donors (Lipinski definition) is 2. The summed E-state index contributed by atoms with van der Waals surface area (Å²) in [6, 6.07) is 8.12. The smallest absolute Gasteiger partial charge is 0.118 e. The lowest BCUT2D eigenvalue weighted by Crippen LogP contribution is -2.52. The zero-order chi connectivity index (χ0) is 12.6. The molecule has 0 aliphatic carbocycles. The summed E-state index contributed by atoms with van der Waals surface area (Å²) in [7, 11) is 0. The molecular formula is C13H14BrN3O. The zero-order valence-corrected chi connectivity index (χ0v) is 11.4. The normalized spacial score (nSPS) is 17.4. The van der Waals surface area contributed by atoms with Crippen molar-refractivity contribution in [1.29, 1.82) is 0 Å². The van der Waals surface area contributed by atoms with E-state index in [0.29, 0.717) is 19.8 Å². The van der Waals surface area contributed by atoms with Gasteiger partial charge in [-0.2, -0.15) is 0 Å². The van der Waals surface area contributed by atoms with Gasteiger partial charge in [0.2, 0.25) is 0 Å². The first-order valence-electron chi connectivity index (χ1n) is 5.83. The molecule has 0 radical (unpaired) electrons. The Kier molecular flexibility index (Phi) is 2.97. The van der Waals surface area contributed by atoms with Gasteiger partial charge in [-0.1, -0.05) is 28.1 Å². The molecule has 0 unspecified atom stereocenters. The SMILES string of the molecule is NCC1(c2ncc(-c3cccc(Br)c3)[nH]2)COC1. The van der Waals surface area contributed by atoms with Crippen molar-refractivity contribution >= 4 is 15.9 Å². The Bertz CT molecular complexity index is 557. The van der Waals surface area contributed by atoms with Gasteiger partial charge < -0.3 is 15.5 Å². The molecule has 0 spiro atoms. The number of aromatic amines is 1. The Hall–Kier alpha value is -1.17. The standard InChI is InChI=1S/C13H14BrN3O/c14-10-3-1-2-9(4-10)11-5-16-12(17-11)13(6-15)7-18-8-13/h1-5H,6-8,15H2,(H,16,17). The van der Waals surface area contributed by atoms with E-state index >= 15 is 0 Å². The maximum atomic E-state index is 5.83. The number of H-pyrrole nitrogens is 1. The van der Waals surface area contributed by atoms with Crippen LogP contribution in [0, 0.1) is 0 Å². The lowest BCUT2D eigenvalue weighted by Gasteiger charge is -2.38. The fraction of sp³-hybridized carbons (Fsp3) is 0.308. The number of ether oxygens (including phenoxy) is 1. The first-order chi connectivity index (χ1) is 8.73. The third kappa shape index (κ3) is 1.88. The number of nitrogens with zero attached hydrogens (tertiary/aromatic N) is 1. The summed E-state index contributed by atoms with van der Waals surface area (Å²) in [5.74, 6) is 0.922. The topological polar surface area (TPSA) is 63.9 Å². The van der Waals surface area contributed by atoms with Gasteiger partial charge in [-0.05, 0) is 12.1 Å². The quantitative estimate of drug-likeness (QED) is 0.912. The molecular weight excluding hydrogens is 294 g/mol. The van der Waals surface area contributed by atoms with Crippen LogP contribution in [-0.4, -0.2) is 29.7 Å². The first kappa shape index (κ1) is 11.9.